The Morgan fingerprint density at radius 1 is 1.29 bits per heavy atom. The average Bonchev–Trinajstić information content (AvgIpc) is 2.31. The SMILES string of the molecule is Cc1cc(C(O)(COS(N)(=O)=O)CC(Cl)Cl)cc(C)c1C. The second-order valence-electron chi connectivity index (χ2n) is 5.12. The van der Waals surface area contributed by atoms with Gasteiger partial charge in [-0.3, -0.25) is 4.18 Å². The van der Waals surface area contributed by atoms with Gasteiger partial charge in [0, 0.05) is 6.42 Å². The van der Waals surface area contributed by atoms with Gasteiger partial charge in [-0.15, -0.1) is 23.2 Å². The third kappa shape index (κ3) is 5.39. The Morgan fingerprint density at radius 3 is 2.14 bits per heavy atom. The van der Waals surface area contributed by atoms with E-state index in [1.807, 2.05) is 20.8 Å². The third-order valence-corrected chi connectivity index (χ3v) is 4.17. The van der Waals surface area contributed by atoms with Crippen LogP contribution < -0.4 is 5.14 Å². The van der Waals surface area contributed by atoms with Crippen molar-refractivity contribution in [2.45, 2.75) is 37.6 Å². The number of hydrogen-bond acceptors (Lipinski definition) is 4. The number of aryl methyl sites for hydroxylation is 2. The second kappa shape index (κ2) is 6.81. The molecule has 3 N–H and O–H groups in total. The molecule has 0 aliphatic rings. The van der Waals surface area contributed by atoms with Crippen LogP contribution in [0.1, 0.15) is 28.7 Å². The summed E-state index contributed by atoms with van der Waals surface area (Å²) in [5.74, 6) is 0. The lowest BCUT2D eigenvalue weighted by molar-refractivity contribution is -0.0122. The molecule has 0 aliphatic carbocycles. The molecule has 5 nitrogen and oxygen atoms in total. The molecule has 21 heavy (non-hydrogen) atoms. The Morgan fingerprint density at radius 2 is 1.76 bits per heavy atom. The van der Waals surface area contributed by atoms with Crippen molar-refractivity contribution in [2.24, 2.45) is 5.14 Å². The van der Waals surface area contributed by atoms with E-state index in [-0.39, 0.29) is 6.42 Å². The van der Waals surface area contributed by atoms with Crippen LogP contribution in [-0.4, -0.2) is 25.0 Å². The summed E-state index contributed by atoms with van der Waals surface area (Å²) < 4.78 is 26.5. The van der Waals surface area contributed by atoms with E-state index in [0.29, 0.717) is 5.56 Å². The van der Waals surface area contributed by atoms with E-state index in [1.54, 1.807) is 12.1 Å². The first kappa shape index (κ1) is 18.7. The lowest BCUT2D eigenvalue weighted by Gasteiger charge is -2.29. The lowest BCUT2D eigenvalue weighted by atomic mass is 9.88. The number of benzene rings is 1. The van der Waals surface area contributed by atoms with Crippen molar-refractivity contribution < 1.29 is 17.7 Å². The highest BCUT2D eigenvalue weighted by Gasteiger charge is 2.34. The van der Waals surface area contributed by atoms with Crippen LogP contribution in [0, 0.1) is 20.8 Å². The number of hydrogen-bond donors (Lipinski definition) is 2. The van der Waals surface area contributed by atoms with Crippen molar-refractivity contribution in [3.8, 4) is 0 Å². The van der Waals surface area contributed by atoms with E-state index < -0.39 is 27.3 Å². The summed E-state index contributed by atoms with van der Waals surface area (Å²) in [6, 6.07) is 3.51. The first-order chi connectivity index (χ1) is 9.44. The van der Waals surface area contributed by atoms with Gasteiger partial charge in [0.2, 0.25) is 0 Å². The maximum atomic E-state index is 11.0. The van der Waals surface area contributed by atoms with Gasteiger partial charge in [0.05, 0.1) is 0 Å². The van der Waals surface area contributed by atoms with E-state index in [1.165, 1.54) is 0 Å². The van der Waals surface area contributed by atoms with Gasteiger partial charge in [-0.25, -0.2) is 5.14 Å². The standard InChI is InChI=1S/C13H19Cl2NO4S/c1-8-4-11(5-9(2)10(8)3)13(17,6-12(14)15)7-20-21(16,18)19/h4-5,12,17H,6-7H2,1-3H3,(H2,16,18,19). The van der Waals surface area contributed by atoms with Crippen LogP contribution in [0.2, 0.25) is 0 Å². The highest BCUT2D eigenvalue weighted by molar-refractivity contribution is 7.84. The molecule has 0 radical (unpaired) electrons. The van der Waals surface area contributed by atoms with Crippen molar-refractivity contribution in [2.75, 3.05) is 6.61 Å². The van der Waals surface area contributed by atoms with Crippen molar-refractivity contribution in [3.63, 3.8) is 0 Å². The van der Waals surface area contributed by atoms with Gasteiger partial charge in [-0.05, 0) is 43.0 Å². The normalized spacial score (nSPS) is 15.2. The van der Waals surface area contributed by atoms with Crippen LogP contribution in [0.4, 0.5) is 0 Å². The number of rotatable bonds is 6. The van der Waals surface area contributed by atoms with E-state index in [4.69, 9.17) is 28.3 Å². The van der Waals surface area contributed by atoms with E-state index in [0.717, 1.165) is 16.7 Å². The lowest BCUT2D eigenvalue weighted by Crippen LogP contribution is -2.36. The molecule has 0 bridgehead atoms. The molecule has 0 fully saturated rings. The molecule has 0 aliphatic heterocycles. The molecule has 1 aromatic carbocycles. The predicted octanol–water partition coefficient (Wildman–Crippen LogP) is 2.21. The fourth-order valence-electron chi connectivity index (χ4n) is 2.00. The predicted molar refractivity (Wildman–Crippen MR) is 83.7 cm³/mol. The molecule has 1 unspecified atom stereocenters. The van der Waals surface area contributed by atoms with Gasteiger partial charge in [0.15, 0.2) is 0 Å². The molecular formula is C13H19Cl2NO4S. The third-order valence-electron chi connectivity index (χ3n) is 3.42. The van der Waals surface area contributed by atoms with E-state index in [2.05, 4.69) is 4.18 Å². The molecule has 1 atom stereocenters. The molecule has 1 rings (SSSR count). The van der Waals surface area contributed by atoms with Crippen molar-refractivity contribution in [3.05, 3.63) is 34.4 Å². The second-order valence-corrected chi connectivity index (χ2v) is 7.62. The summed E-state index contributed by atoms with van der Waals surface area (Å²) in [7, 11) is -4.18. The molecule has 120 valence electrons. The van der Waals surface area contributed by atoms with Crippen LogP contribution in [-0.2, 0) is 20.1 Å². The van der Waals surface area contributed by atoms with Crippen molar-refractivity contribution in [1.82, 2.24) is 0 Å². The Hall–Kier alpha value is -0.370. The fourth-order valence-corrected chi connectivity index (χ4v) is 2.87. The fraction of sp³-hybridized carbons (Fsp3) is 0.538. The molecule has 0 aromatic heterocycles. The average molecular weight is 356 g/mol. The minimum Gasteiger partial charge on any atom is -0.383 e. The molecule has 0 heterocycles. The van der Waals surface area contributed by atoms with Crippen LogP contribution in [0.15, 0.2) is 12.1 Å². The Bertz CT molecular complexity index is 596. The molecule has 0 saturated heterocycles. The van der Waals surface area contributed by atoms with Crippen molar-refractivity contribution in [1.29, 1.82) is 0 Å². The topological polar surface area (TPSA) is 89.6 Å². The Labute approximate surface area is 135 Å². The highest BCUT2D eigenvalue weighted by atomic mass is 35.5. The Kier molecular flexibility index (Phi) is 6.06. The zero-order chi connectivity index (χ0) is 16.4. The first-order valence-corrected chi connectivity index (χ1v) is 8.55. The van der Waals surface area contributed by atoms with Gasteiger partial charge in [0.25, 0.3) is 0 Å². The first-order valence-electron chi connectivity index (χ1n) is 6.20. The van der Waals surface area contributed by atoms with Gasteiger partial charge in [-0.1, -0.05) is 12.1 Å². The number of aliphatic hydroxyl groups is 1. The highest BCUT2D eigenvalue weighted by Crippen LogP contribution is 2.32. The van der Waals surface area contributed by atoms with E-state index in [9.17, 15) is 13.5 Å². The summed E-state index contributed by atoms with van der Waals surface area (Å²) >= 11 is 11.5. The minimum atomic E-state index is -4.18. The quantitative estimate of drug-likeness (QED) is 0.765. The number of halogens is 2. The molecule has 1 aromatic rings. The molecule has 0 spiro atoms. The van der Waals surface area contributed by atoms with Crippen molar-refractivity contribution >= 4 is 33.5 Å². The van der Waals surface area contributed by atoms with Gasteiger partial charge in [-0.2, -0.15) is 8.42 Å². The zero-order valence-corrected chi connectivity index (χ0v) is 14.4. The summed E-state index contributed by atoms with van der Waals surface area (Å²) in [5, 5.41) is 15.6. The summed E-state index contributed by atoms with van der Waals surface area (Å²) in [6.07, 6.45) is -0.0897. The maximum Gasteiger partial charge on any atom is 0.333 e. The maximum absolute atomic E-state index is 11.0. The summed E-state index contributed by atoms with van der Waals surface area (Å²) in [5.41, 5.74) is 1.84. The van der Waals surface area contributed by atoms with Gasteiger partial charge >= 0.3 is 10.3 Å². The van der Waals surface area contributed by atoms with Gasteiger partial charge in [0.1, 0.15) is 17.0 Å². The van der Waals surface area contributed by atoms with Crippen LogP contribution in [0.3, 0.4) is 0 Å². The molecule has 8 heteroatoms. The van der Waals surface area contributed by atoms with Crippen LogP contribution in [0.25, 0.3) is 0 Å². The van der Waals surface area contributed by atoms with Crippen LogP contribution in [0.5, 0.6) is 0 Å². The van der Waals surface area contributed by atoms with Gasteiger partial charge < -0.3 is 5.11 Å². The monoisotopic (exact) mass is 355 g/mol. The van der Waals surface area contributed by atoms with E-state index >= 15 is 0 Å². The number of alkyl halides is 2. The number of nitrogens with two attached hydrogens (primary N) is 1. The minimum absolute atomic E-state index is 0.0897. The molecular weight excluding hydrogens is 337 g/mol. The summed E-state index contributed by atoms with van der Waals surface area (Å²) in [4.78, 5) is -0.888. The molecule has 0 saturated carbocycles. The summed E-state index contributed by atoms with van der Waals surface area (Å²) in [6.45, 7) is 5.20. The molecule has 0 amide bonds. The Balaban J connectivity index is 3.24. The van der Waals surface area contributed by atoms with Crippen LogP contribution >= 0.6 is 23.2 Å². The largest absolute Gasteiger partial charge is 0.383 e. The smallest absolute Gasteiger partial charge is 0.333 e. The zero-order valence-electron chi connectivity index (χ0n) is 12.1.